The number of halogens is 1. The van der Waals surface area contributed by atoms with E-state index in [9.17, 15) is 4.79 Å². The van der Waals surface area contributed by atoms with Gasteiger partial charge in [-0.05, 0) is 60.1 Å². The fourth-order valence-electron chi connectivity index (χ4n) is 1.49. The molecule has 16 heavy (non-hydrogen) atoms. The van der Waals surface area contributed by atoms with Crippen molar-refractivity contribution < 1.29 is 9.63 Å². The summed E-state index contributed by atoms with van der Waals surface area (Å²) in [4.78, 5) is 15.9. The van der Waals surface area contributed by atoms with Crippen LogP contribution in [0, 0.1) is 3.57 Å². The lowest BCUT2D eigenvalue weighted by Crippen LogP contribution is -2.33. The first-order valence-electron chi connectivity index (χ1n) is 5.13. The minimum atomic E-state index is -0.707. The summed E-state index contributed by atoms with van der Waals surface area (Å²) in [6, 6.07) is 6.01. The van der Waals surface area contributed by atoms with Gasteiger partial charge >= 0.3 is 5.97 Å². The first kappa shape index (κ1) is 13.4. The summed E-state index contributed by atoms with van der Waals surface area (Å²) >= 11 is 2.28. The van der Waals surface area contributed by atoms with Gasteiger partial charge in [-0.15, -0.1) is 0 Å². The second-order valence-electron chi connectivity index (χ2n) is 4.19. The molecule has 88 valence electrons. The van der Waals surface area contributed by atoms with Gasteiger partial charge in [-0.25, -0.2) is 4.79 Å². The van der Waals surface area contributed by atoms with Gasteiger partial charge in [0.2, 0.25) is 0 Å². The first-order valence-corrected chi connectivity index (χ1v) is 6.21. The Balaban J connectivity index is 3.14. The number of carbonyl (C=O) groups is 1. The molecular weight excluding hydrogens is 317 g/mol. The Bertz CT molecular complexity index is 402. The average molecular weight is 333 g/mol. The summed E-state index contributed by atoms with van der Waals surface area (Å²) in [6.07, 6.45) is 0.986. The van der Waals surface area contributed by atoms with Gasteiger partial charge in [-0.3, -0.25) is 0 Å². The Morgan fingerprint density at radius 1 is 1.50 bits per heavy atom. The molecule has 0 aliphatic rings. The molecule has 2 N–H and O–H groups in total. The summed E-state index contributed by atoms with van der Waals surface area (Å²) in [7, 11) is 0. The van der Waals surface area contributed by atoms with Crippen molar-refractivity contribution in [1.82, 2.24) is 0 Å². The van der Waals surface area contributed by atoms with Crippen molar-refractivity contribution in [3.8, 4) is 0 Å². The van der Waals surface area contributed by atoms with Crippen molar-refractivity contribution in [2.75, 3.05) is 0 Å². The monoisotopic (exact) mass is 333 g/mol. The number of hydrogen-bond donors (Lipinski definition) is 1. The van der Waals surface area contributed by atoms with Gasteiger partial charge in [0.1, 0.15) is 0 Å². The quantitative estimate of drug-likeness (QED) is 0.683. The van der Waals surface area contributed by atoms with E-state index >= 15 is 0 Å². The molecule has 0 radical (unpaired) electrons. The third-order valence-corrected chi connectivity index (χ3v) is 3.78. The minimum absolute atomic E-state index is 0.424. The molecule has 1 rings (SSSR count). The van der Waals surface area contributed by atoms with Crippen molar-refractivity contribution >= 4 is 28.6 Å². The molecular formula is C12H16INO2. The molecule has 3 nitrogen and oxygen atoms in total. The number of rotatable bonds is 3. The second-order valence-corrected chi connectivity index (χ2v) is 5.35. The highest BCUT2D eigenvalue weighted by atomic mass is 127. The predicted octanol–water partition coefficient (Wildman–Crippen LogP) is 2.55. The zero-order valence-corrected chi connectivity index (χ0v) is 11.9. The van der Waals surface area contributed by atoms with Crippen LogP contribution in [-0.2, 0) is 21.5 Å². The maximum atomic E-state index is 11.6. The Hall–Kier alpha value is -0.620. The maximum absolute atomic E-state index is 11.6. The largest absolute Gasteiger partial charge is 0.373 e. The zero-order chi connectivity index (χ0) is 12.3. The SMILES string of the molecule is CCc1ccc(C(C)(C)C(=O)ON)cc1I. The van der Waals surface area contributed by atoms with Crippen LogP contribution in [0.4, 0.5) is 0 Å². The molecule has 0 saturated heterocycles. The van der Waals surface area contributed by atoms with Crippen LogP contribution in [0.1, 0.15) is 31.9 Å². The number of aryl methyl sites for hydroxylation is 1. The molecule has 0 amide bonds. The predicted molar refractivity (Wildman–Crippen MR) is 71.8 cm³/mol. The van der Waals surface area contributed by atoms with Gasteiger partial charge in [-0.1, -0.05) is 19.1 Å². The summed E-state index contributed by atoms with van der Waals surface area (Å²) < 4.78 is 1.16. The van der Waals surface area contributed by atoms with Crippen LogP contribution in [0.15, 0.2) is 18.2 Å². The molecule has 0 saturated carbocycles. The molecule has 0 aromatic heterocycles. The number of nitrogens with two attached hydrogens (primary N) is 1. The Morgan fingerprint density at radius 3 is 2.56 bits per heavy atom. The average Bonchev–Trinajstić information content (AvgIpc) is 2.27. The highest BCUT2D eigenvalue weighted by molar-refractivity contribution is 14.1. The standard InChI is InChI=1S/C12H16INO2/c1-4-8-5-6-9(7-10(8)13)12(2,3)11(15)16-14/h5-7H,4,14H2,1-3H3. The summed E-state index contributed by atoms with van der Waals surface area (Å²) in [5.74, 6) is 4.51. The zero-order valence-electron chi connectivity index (χ0n) is 9.71. The Labute approximate surface area is 109 Å². The summed E-state index contributed by atoms with van der Waals surface area (Å²) in [5, 5.41) is 0. The summed E-state index contributed by atoms with van der Waals surface area (Å²) in [6.45, 7) is 5.72. The van der Waals surface area contributed by atoms with Gasteiger partial charge in [0.05, 0.1) is 5.41 Å². The molecule has 0 atom stereocenters. The van der Waals surface area contributed by atoms with E-state index in [-0.39, 0.29) is 0 Å². The third kappa shape index (κ3) is 2.55. The number of carbonyl (C=O) groups excluding carboxylic acids is 1. The lowest BCUT2D eigenvalue weighted by molar-refractivity contribution is -0.149. The second kappa shape index (κ2) is 5.14. The summed E-state index contributed by atoms with van der Waals surface area (Å²) in [5.41, 5.74) is 1.49. The highest BCUT2D eigenvalue weighted by Crippen LogP contribution is 2.27. The molecule has 1 aromatic rings. The van der Waals surface area contributed by atoms with Gasteiger partial charge < -0.3 is 4.84 Å². The molecule has 0 bridgehead atoms. The van der Waals surface area contributed by atoms with Gasteiger partial charge in [0.25, 0.3) is 0 Å². The third-order valence-electron chi connectivity index (χ3n) is 2.77. The fraction of sp³-hybridized carbons (Fsp3) is 0.417. The van der Waals surface area contributed by atoms with E-state index in [2.05, 4.69) is 34.4 Å². The van der Waals surface area contributed by atoms with E-state index in [1.54, 1.807) is 13.8 Å². The maximum Gasteiger partial charge on any atom is 0.334 e. The number of hydrogen-bond acceptors (Lipinski definition) is 3. The van der Waals surface area contributed by atoms with E-state index in [0.717, 1.165) is 15.6 Å². The van der Waals surface area contributed by atoms with Gasteiger partial charge in [0, 0.05) is 3.57 Å². The lowest BCUT2D eigenvalue weighted by atomic mass is 9.84. The molecule has 4 heteroatoms. The van der Waals surface area contributed by atoms with Gasteiger partial charge in [0.15, 0.2) is 0 Å². The first-order chi connectivity index (χ1) is 7.43. The molecule has 0 unspecified atom stereocenters. The van der Waals surface area contributed by atoms with Gasteiger partial charge in [-0.2, -0.15) is 5.90 Å². The minimum Gasteiger partial charge on any atom is -0.373 e. The van der Waals surface area contributed by atoms with E-state index in [4.69, 9.17) is 5.90 Å². The lowest BCUT2D eigenvalue weighted by Gasteiger charge is -2.22. The number of benzene rings is 1. The van der Waals surface area contributed by atoms with E-state index in [0.29, 0.717) is 0 Å². The fourth-order valence-corrected chi connectivity index (χ4v) is 2.38. The molecule has 0 spiro atoms. The molecule has 1 aromatic carbocycles. The van der Waals surface area contributed by atoms with Crippen molar-refractivity contribution in [2.24, 2.45) is 5.90 Å². The van der Waals surface area contributed by atoms with Crippen LogP contribution < -0.4 is 5.90 Å². The highest BCUT2D eigenvalue weighted by Gasteiger charge is 2.31. The molecule has 0 aliphatic heterocycles. The van der Waals surface area contributed by atoms with Crippen LogP contribution in [0.2, 0.25) is 0 Å². The van der Waals surface area contributed by atoms with E-state index in [1.165, 1.54) is 5.56 Å². The molecule has 0 heterocycles. The van der Waals surface area contributed by atoms with Crippen molar-refractivity contribution in [3.05, 3.63) is 32.9 Å². The smallest absolute Gasteiger partial charge is 0.334 e. The van der Waals surface area contributed by atoms with Crippen molar-refractivity contribution in [2.45, 2.75) is 32.6 Å². The van der Waals surface area contributed by atoms with Crippen molar-refractivity contribution in [3.63, 3.8) is 0 Å². The van der Waals surface area contributed by atoms with Crippen LogP contribution in [0.25, 0.3) is 0 Å². The van der Waals surface area contributed by atoms with E-state index in [1.807, 2.05) is 18.2 Å². The molecule has 0 fully saturated rings. The normalized spacial score (nSPS) is 11.3. The Kier molecular flexibility index (Phi) is 4.32. The topological polar surface area (TPSA) is 52.3 Å². The van der Waals surface area contributed by atoms with Crippen LogP contribution >= 0.6 is 22.6 Å². The Morgan fingerprint density at radius 2 is 2.12 bits per heavy atom. The van der Waals surface area contributed by atoms with Crippen LogP contribution in [0.3, 0.4) is 0 Å². The van der Waals surface area contributed by atoms with E-state index < -0.39 is 11.4 Å². The molecule has 0 aliphatic carbocycles. The van der Waals surface area contributed by atoms with Crippen LogP contribution in [-0.4, -0.2) is 5.97 Å². The van der Waals surface area contributed by atoms with Crippen molar-refractivity contribution in [1.29, 1.82) is 0 Å². The van der Waals surface area contributed by atoms with Crippen LogP contribution in [0.5, 0.6) is 0 Å².